The fraction of sp³-hybridized carbons (Fsp3) is 0.500. The van der Waals surface area contributed by atoms with Crippen LogP contribution in [0.5, 0.6) is 5.75 Å². The van der Waals surface area contributed by atoms with Crippen molar-refractivity contribution in [3.8, 4) is 5.75 Å². The molecule has 0 saturated heterocycles. The highest BCUT2D eigenvalue weighted by Crippen LogP contribution is 2.36. The molecule has 1 aliphatic rings. The molecule has 3 heteroatoms. The topological polar surface area (TPSA) is 35.5 Å². The molecule has 1 aliphatic carbocycles. The molecule has 0 heterocycles. The van der Waals surface area contributed by atoms with Gasteiger partial charge in [-0.05, 0) is 18.9 Å². The summed E-state index contributed by atoms with van der Waals surface area (Å²) < 4.78 is 10.6. The predicted octanol–water partition coefficient (Wildman–Crippen LogP) is 2.55. The first-order chi connectivity index (χ1) is 8.33. The monoisotopic (exact) mass is 234 g/mol. The van der Waals surface area contributed by atoms with E-state index in [0.717, 1.165) is 24.2 Å². The molecule has 0 radical (unpaired) electrons. The SMILES string of the molecule is COCCOc1ccccc1C1CCCC1=O. The summed E-state index contributed by atoms with van der Waals surface area (Å²) >= 11 is 0. The first-order valence-corrected chi connectivity index (χ1v) is 6.06. The Hall–Kier alpha value is -1.35. The summed E-state index contributed by atoms with van der Waals surface area (Å²) in [4.78, 5) is 11.8. The maximum atomic E-state index is 11.8. The maximum absolute atomic E-state index is 11.8. The fourth-order valence-electron chi connectivity index (χ4n) is 2.28. The summed E-state index contributed by atoms with van der Waals surface area (Å²) in [6, 6.07) is 7.82. The van der Waals surface area contributed by atoms with Crippen LogP contribution in [0.3, 0.4) is 0 Å². The first kappa shape index (κ1) is 12.1. The molecule has 1 unspecified atom stereocenters. The molecule has 1 aromatic rings. The molecule has 2 rings (SSSR count). The average Bonchev–Trinajstić information content (AvgIpc) is 2.76. The highest BCUT2D eigenvalue weighted by Gasteiger charge is 2.28. The highest BCUT2D eigenvalue weighted by molar-refractivity contribution is 5.88. The minimum Gasteiger partial charge on any atom is -0.491 e. The number of ether oxygens (including phenoxy) is 2. The Morgan fingerprint density at radius 1 is 1.29 bits per heavy atom. The number of hydrogen-bond acceptors (Lipinski definition) is 3. The van der Waals surface area contributed by atoms with Gasteiger partial charge in [0.25, 0.3) is 0 Å². The Morgan fingerprint density at radius 3 is 2.82 bits per heavy atom. The van der Waals surface area contributed by atoms with Crippen molar-refractivity contribution in [1.82, 2.24) is 0 Å². The molecule has 1 atom stereocenters. The van der Waals surface area contributed by atoms with Gasteiger partial charge in [0, 0.05) is 25.0 Å². The second kappa shape index (κ2) is 5.82. The minimum atomic E-state index is 0.0359. The third-order valence-electron chi connectivity index (χ3n) is 3.14. The zero-order valence-corrected chi connectivity index (χ0v) is 10.1. The summed E-state index contributed by atoms with van der Waals surface area (Å²) in [5.41, 5.74) is 1.03. The van der Waals surface area contributed by atoms with Gasteiger partial charge in [-0.2, -0.15) is 0 Å². The van der Waals surface area contributed by atoms with Crippen LogP contribution in [0.15, 0.2) is 24.3 Å². The van der Waals surface area contributed by atoms with Crippen LogP contribution in [0, 0.1) is 0 Å². The number of hydrogen-bond donors (Lipinski definition) is 0. The van der Waals surface area contributed by atoms with E-state index >= 15 is 0 Å². The fourth-order valence-corrected chi connectivity index (χ4v) is 2.28. The zero-order chi connectivity index (χ0) is 12.1. The molecule has 0 amide bonds. The molecular formula is C14H18O3. The molecule has 3 nitrogen and oxygen atoms in total. The van der Waals surface area contributed by atoms with Crippen LogP contribution < -0.4 is 4.74 Å². The van der Waals surface area contributed by atoms with Crippen LogP contribution in [-0.4, -0.2) is 26.1 Å². The second-order valence-corrected chi connectivity index (χ2v) is 4.29. The van der Waals surface area contributed by atoms with Crippen molar-refractivity contribution in [3.63, 3.8) is 0 Å². The van der Waals surface area contributed by atoms with Gasteiger partial charge < -0.3 is 9.47 Å². The van der Waals surface area contributed by atoms with E-state index in [0.29, 0.717) is 25.4 Å². The molecule has 0 N–H and O–H groups in total. The Kier molecular flexibility index (Phi) is 4.15. The molecule has 1 aromatic carbocycles. The standard InChI is InChI=1S/C14H18O3/c1-16-9-10-17-14-8-3-2-5-12(14)11-6-4-7-13(11)15/h2-3,5,8,11H,4,6-7,9-10H2,1H3. The van der Waals surface area contributed by atoms with Crippen molar-refractivity contribution in [2.75, 3.05) is 20.3 Å². The van der Waals surface area contributed by atoms with Gasteiger partial charge in [-0.25, -0.2) is 0 Å². The number of methoxy groups -OCH3 is 1. The lowest BCUT2D eigenvalue weighted by Crippen LogP contribution is -2.10. The third-order valence-corrected chi connectivity index (χ3v) is 3.14. The van der Waals surface area contributed by atoms with E-state index in [4.69, 9.17) is 9.47 Å². The largest absolute Gasteiger partial charge is 0.491 e. The number of carbonyl (C=O) groups is 1. The normalized spacial score (nSPS) is 19.6. The van der Waals surface area contributed by atoms with Crippen LogP contribution in [0.25, 0.3) is 0 Å². The summed E-state index contributed by atoms with van der Waals surface area (Å²) in [5, 5.41) is 0. The van der Waals surface area contributed by atoms with Crippen molar-refractivity contribution in [1.29, 1.82) is 0 Å². The van der Waals surface area contributed by atoms with Crippen LogP contribution >= 0.6 is 0 Å². The Morgan fingerprint density at radius 2 is 2.12 bits per heavy atom. The van der Waals surface area contributed by atoms with Gasteiger partial charge in [0.05, 0.1) is 6.61 Å². The van der Waals surface area contributed by atoms with Gasteiger partial charge in [0.2, 0.25) is 0 Å². The molecule has 0 spiro atoms. The Labute approximate surface area is 102 Å². The van der Waals surface area contributed by atoms with E-state index in [1.165, 1.54) is 0 Å². The van der Waals surface area contributed by atoms with Crippen LogP contribution in [0.2, 0.25) is 0 Å². The first-order valence-electron chi connectivity index (χ1n) is 6.06. The van der Waals surface area contributed by atoms with E-state index < -0.39 is 0 Å². The van der Waals surface area contributed by atoms with Gasteiger partial charge in [-0.15, -0.1) is 0 Å². The molecule has 0 aromatic heterocycles. The lowest BCUT2D eigenvalue weighted by molar-refractivity contribution is -0.118. The molecule has 0 bridgehead atoms. The predicted molar refractivity (Wildman–Crippen MR) is 65.4 cm³/mol. The van der Waals surface area contributed by atoms with Gasteiger partial charge in [0.15, 0.2) is 0 Å². The molecule has 17 heavy (non-hydrogen) atoms. The molecule has 92 valence electrons. The van der Waals surface area contributed by atoms with Gasteiger partial charge in [0.1, 0.15) is 18.1 Å². The molecular weight excluding hydrogens is 216 g/mol. The van der Waals surface area contributed by atoms with Crippen molar-refractivity contribution in [2.24, 2.45) is 0 Å². The van der Waals surface area contributed by atoms with Gasteiger partial charge in [-0.1, -0.05) is 18.2 Å². The molecule has 1 saturated carbocycles. The van der Waals surface area contributed by atoms with Crippen LogP contribution in [0.4, 0.5) is 0 Å². The Bertz CT molecular complexity index is 387. The van der Waals surface area contributed by atoms with E-state index in [-0.39, 0.29) is 5.92 Å². The summed E-state index contributed by atoms with van der Waals surface area (Å²) in [6.45, 7) is 1.08. The minimum absolute atomic E-state index is 0.0359. The van der Waals surface area contributed by atoms with E-state index in [2.05, 4.69) is 0 Å². The summed E-state index contributed by atoms with van der Waals surface area (Å²) in [7, 11) is 1.65. The van der Waals surface area contributed by atoms with Crippen molar-refractivity contribution in [2.45, 2.75) is 25.2 Å². The number of ketones is 1. The number of Topliss-reactive ketones (excluding diaryl/α,β-unsaturated/α-hetero) is 1. The van der Waals surface area contributed by atoms with Gasteiger partial charge in [-0.3, -0.25) is 4.79 Å². The molecule has 0 aliphatic heterocycles. The number of para-hydroxylation sites is 1. The zero-order valence-electron chi connectivity index (χ0n) is 10.1. The van der Waals surface area contributed by atoms with Gasteiger partial charge >= 0.3 is 0 Å². The number of rotatable bonds is 5. The van der Waals surface area contributed by atoms with Crippen molar-refractivity contribution < 1.29 is 14.3 Å². The second-order valence-electron chi connectivity index (χ2n) is 4.29. The summed E-state index contributed by atoms with van der Waals surface area (Å²) in [6.07, 6.45) is 2.65. The van der Waals surface area contributed by atoms with Crippen molar-refractivity contribution in [3.05, 3.63) is 29.8 Å². The lowest BCUT2D eigenvalue weighted by atomic mass is 9.96. The van der Waals surface area contributed by atoms with Crippen LogP contribution in [0.1, 0.15) is 30.7 Å². The smallest absolute Gasteiger partial charge is 0.140 e. The van der Waals surface area contributed by atoms with E-state index in [1.54, 1.807) is 7.11 Å². The molecule has 1 fully saturated rings. The highest BCUT2D eigenvalue weighted by atomic mass is 16.5. The number of carbonyl (C=O) groups excluding carboxylic acids is 1. The van der Waals surface area contributed by atoms with E-state index in [9.17, 15) is 4.79 Å². The van der Waals surface area contributed by atoms with Crippen LogP contribution in [-0.2, 0) is 9.53 Å². The maximum Gasteiger partial charge on any atom is 0.140 e. The average molecular weight is 234 g/mol. The Balaban J connectivity index is 2.12. The lowest BCUT2D eigenvalue weighted by Gasteiger charge is -2.14. The number of benzene rings is 1. The summed E-state index contributed by atoms with van der Waals surface area (Å²) in [5.74, 6) is 1.20. The third kappa shape index (κ3) is 2.86. The van der Waals surface area contributed by atoms with E-state index in [1.807, 2.05) is 24.3 Å². The quantitative estimate of drug-likeness (QED) is 0.734. The van der Waals surface area contributed by atoms with Crippen molar-refractivity contribution >= 4 is 5.78 Å².